The molecule has 2 aromatic rings. The molecule has 7 heteroatoms. The van der Waals surface area contributed by atoms with Gasteiger partial charge in [-0.25, -0.2) is 0 Å². The lowest BCUT2D eigenvalue weighted by Gasteiger charge is -2.47. The first-order chi connectivity index (χ1) is 16.1. The molecule has 0 amide bonds. The number of rotatable bonds is 8. The molecule has 3 saturated heterocycles. The molecule has 6 nitrogen and oxygen atoms in total. The van der Waals surface area contributed by atoms with Crippen LogP contribution in [0.3, 0.4) is 0 Å². The minimum absolute atomic E-state index is 0.0864. The lowest BCUT2D eigenvalue weighted by Crippen LogP contribution is -2.60. The van der Waals surface area contributed by atoms with Gasteiger partial charge in [0.25, 0.3) is 0 Å². The second-order valence-electron chi connectivity index (χ2n) is 9.55. The Balaban J connectivity index is 1.16. The third-order valence-electron chi connectivity index (χ3n) is 6.95. The molecular formula is C26H32ClNO5. The summed E-state index contributed by atoms with van der Waals surface area (Å²) >= 11 is 6.49. The predicted molar refractivity (Wildman–Crippen MR) is 126 cm³/mol. The molecule has 0 aromatic heterocycles. The van der Waals surface area contributed by atoms with Crippen LogP contribution in [0.2, 0.25) is 5.02 Å². The van der Waals surface area contributed by atoms with Crippen molar-refractivity contribution in [2.75, 3.05) is 39.5 Å². The van der Waals surface area contributed by atoms with E-state index >= 15 is 0 Å². The molecule has 3 fully saturated rings. The van der Waals surface area contributed by atoms with Crippen LogP contribution in [0, 0.1) is 5.92 Å². The highest BCUT2D eigenvalue weighted by molar-refractivity contribution is 6.31. The minimum atomic E-state index is -0.470. The molecule has 178 valence electrons. The zero-order valence-electron chi connectivity index (χ0n) is 18.7. The maximum Gasteiger partial charge on any atom is 0.119 e. The Hall–Kier alpha value is -1.67. The Labute approximate surface area is 200 Å². The number of aliphatic hydroxyl groups excluding tert-OH is 2. The Morgan fingerprint density at radius 1 is 1.06 bits per heavy atom. The molecular weight excluding hydrogens is 442 g/mol. The summed E-state index contributed by atoms with van der Waals surface area (Å²) in [5, 5.41) is 20.3. The van der Waals surface area contributed by atoms with Gasteiger partial charge in [-0.2, -0.15) is 0 Å². The van der Waals surface area contributed by atoms with Crippen molar-refractivity contribution in [1.82, 2.24) is 4.90 Å². The first-order valence-electron chi connectivity index (χ1n) is 11.8. The van der Waals surface area contributed by atoms with Crippen molar-refractivity contribution in [3.8, 4) is 5.75 Å². The van der Waals surface area contributed by atoms with Crippen molar-refractivity contribution in [3.63, 3.8) is 0 Å². The van der Waals surface area contributed by atoms with Crippen LogP contribution in [-0.2, 0) is 15.9 Å². The zero-order chi connectivity index (χ0) is 22.8. The summed E-state index contributed by atoms with van der Waals surface area (Å²) in [5.74, 6) is 1.49. The molecule has 2 N–H and O–H groups in total. The molecule has 3 aliphatic heterocycles. The van der Waals surface area contributed by atoms with E-state index in [2.05, 4.69) is 23.1 Å². The molecule has 0 aliphatic carbocycles. The fraction of sp³-hybridized carbons (Fsp3) is 0.538. The van der Waals surface area contributed by atoms with Crippen LogP contribution in [0.1, 0.15) is 35.6 Å². The lowest BCUT2D eigenvalue weighted by molar-refractivity contribution is -0.113. The van der Waals surface area contributed by atoms with E-state index in [0.717, 1.165) is 55.4 Å². The maximum absolute atomic E-state index is 10.1. The molecule has 3 unspecified atom stereocenters. The Kier molecular flexibility index (Phi) is 7.21. The number of aliphatic hydroxyl groups is 2. The largest absolute Gasteiger partial charge is 0.493 e. The predicted octanol–water partition coefficient (Wildman–Crippen LogP) is 3.21. The van der Waals surface area contributed by atoms with Crippen molar-refractivity contribution in [2.45, 2.75) is 43.6 Å². The third-order valence-corrected chi connectivity index (χ3v) is 7.32. The van der Waals surface area contributed by atoms with Crippen molar-refractivity contribution < 1.29 is 24.4 Å². The van der Waals surface area contributed by atoms with E-state index in [-0.39, 0.29) is 18.8 Å². The van der Waals surface area contributed by atoms with Crippen molar-refractivity contribution in [1.29, 1.82) is 0 Å². The quantitative estimate of drug-likeness (QED) is 0.613. The summed E-state index contributed by atoms with van der Waals surface area (Å²) in [5.41, 5.74) is 3.15. The molecule has 0 bridgehead atoms. The second kappa shape index (κ2) is 10.3. The fourth-order valence-corrected chi connectivity index (χ4v) is 5.02. The molecule has 0 spiro atoms. The van der Waals surface area contributed by atoms with E-state index in [4.69, 9.17) is 25.8 Å². The van der Waals surface area contributed by atoms with Gasteiger partial charge in [0.2, 0.25) is 0 Å². The van der Waals surface area contributed by atoms with Gasteiger partial charge in [-0.3, -0.25) is 4.90 Å². The lowest BCUT2D eigenvalue weighted by atomic mass is 9.94. The average molecular weight is 474 g/mol. The van der Waals surface area contributed by atoms with Crippen molar-refractivity contribution >= 4 is 11.6 Å². The summed E-state index contributed by atoms with van der Waals surface area (Å²) in [6.07, 6.45) is 0.653. The van der Waals surface area contributed by atoms with Gasteiger partial charge in [-0.05, 0) is 41.3 Å². The smallest absolute Gasteiger partial charge is 0.119 e. The van der Waals surface area contributed by atoms with E-state index in [1.807, 2.05) is 24.3 Å². The van der Waals surface area contributed by atoms with Crippen LogP contribution in [0.25, 0.3) is 0 Å². The Morgan fingerprint density at radius 3 is 2.55 bits per heavy atom. The Bertz CT molecular complexity index is 929. The molecule has 5 rings (SSSR count). The van der Waals surface area contributed by atoms with Gasteiger partial charge < -0.3 is 24.4 Å². The van der Waals surface area contributed by atoms with Crippen LogP contribution >= 0.6 is 11.6 Å². The zero-order valence-corrected chi connectivity index (χ0v) is 19.5. The summed E-state index contributed by atoms with van der Waals surface area (Å²) in [7, 11) is 0. The van der Waals surface area contributed by atoms with Crippen LogP contribution in [0.5, 0.6) is 5.75 Å². The number of ether oxygens (including phenoxy) is 3. The number of likely N-dealkylation sites (tertiary alicyclic amines) is 1. The van der Waals surface area contributed by atoms with Crippen LogP contribution < -0.4 is 4.74 Å². The van der Waals surface area contributed by atoms with Gasteiger partial charge in [0, 0.05) is 36.9 Å². The van der Waals surface area contributed by atoms with Crippen molar-refractivity contribution in [3.05, 3.63) is 64.2 Å². The SMILES string of the molecule is OCC1CC(O)CC(c2ccc(Cl)c(Cc3ccc(OCC4CN(C5COC5)C4)cc3)c2)O1. The molecule has 0 saturated carbocycles. The number of halogens is 1. The minimum Gasteiger partial charge on any atom is -0.493 e. The van der Waals surface area contributed by atoms with Crippen LogP contribution in [0.4, 0.5) is 0 Å². The average Bonchev–Trinajstić information content (AvgIpc) is 2.76. The van der Waals surface area contributed by atoms with Gasteiger partial charge in [0.05, 0.1) is 50.8 Å². The fourth-order valence-electron chi connectivity index (χ4n) is 4.84. The van der Waals surface area contributed by atoms with Crippen LogP contribution in [0.15, 0.2) is 42.5 Å². The van der Waals surface area contributed by atoms with Gasteiger partial charge in [0.1, 0.15) is 5.75 Å². The molecule has 2 aromatic carbocycles. The highest BCUT2D eigenvalue weighted by atomic mass is 35.5. The van der Waals surface area contributed by atoms with Gasteiger partial charge >= 0.3 is 0 Å². The van der Waals surface area contributed by atoms with E-state index in [0.29, 0.717) is 36.2 Å². The van der Waals surface area contributed by atoms with E-state index < -0.39 is 6.10 Å². The Morgan fingerprint density at radius 2 is 1.85 bits per heavy atom. The highest BCUT2D eigenvalue weighted by Gasteiger charge is 2.36. The van der Waals surface area contributed by atoms with E-state index in [9.17, 15) is 10.2 Å². The van der Waals surface area contributed by atoms with E-state index in [1.165, 1.54) is 0 Å². The topological polar surface area (TPSA) is 71.4 Å². The van der Waals surface area contributed by atoms with Gasteiger partial charge in [-0.15, -0.1) is 0 Å². The number of nitrogens with zero attached hydrogens (tertiary/aromatic N) is 1. The first kappa shape index (κ1) is 23.1. The first-order valence-corrected chi connectivity index (χ1v) is 12.2. The molecule has 33 heavy (non-hydrogen) atoms. The third kappa shape index (κ3) is 5.53. The summed E-state index contributed by atoms with van der Waals surface area (Å²) < 4.78 is 17.2. The summed E-state index contributed by atoms with van der Waals surface area (Å²) in [6.45, 7) is 4.61. The summed E-state index contributed by atoms with van der Waals surface area (Å²) in [4.78, 5) is 2.47. The normalized spacial score (nSPS) is 26.6. The highest BCUT2D eigenvalue weighted by Crippen LogP contribution is 2.34. The standard InChI is InChI=1S/C26H32ClNO5/c27-25-6-3-19(26-10-22(30)9-24(13-29)33-26)8-20(25)7-17-1-4-23(5-2-17)32-14-18-11-28(12-18)21-15-31-16-21/h1-6,8,18,21-22,24,26,29-30H,7,9-16H2. The number of benzene rings is 2. The van der Waals surface area contributed by atoms with Crippen LogP contribution in [-0.4, -0.2) is 72.9 Å². The molecule has 0 radical (unpaired) electrons. The molecule has 3 atom stereocenters. The summed E-state index contributed by atoms with van der Waals surface area (Å²) in [6, 6.07) is 14.7. The monoisotopic (exact) mass is 473 g/mol. The number of hydrogen-bond acceptors (Lipinski definition) is 6. The van der Waals surface area contributed by atoms with Gasteiger partial charge in [-0.1, -0.05) is 35.9 Å². The van der Waals surface area contributed by atoms with Gasteiger partial charge in [0.15, 0.2) is 0 Å². The van der Waals surface area contributed by atoms with E-state index in [1.54, 1.807) is 0 Å². The van der Waals surface area contributed by atoms with Crippen molar-refractivity contribution in [2.24, 2.45) is 5.92 Å². The maximum atomic E-state index is 10.1. The number of hydrogen-bond donors (Lipinski definition) is 2. The molecule has 3 heterocycles. The molecule has 3 aliphatic rings. The second-order valence-corrected chi connectivity index (χ2v) is 9.96.